The van der Waals surface area contributed by atoms with Crippen LogP contribution in [-0.4, -0.2) is 10.3 Å². The molecule has 0 saturated carbocycles. The molecule has 0 saturated heterocycles. The standard InChI is InChI=1S/C11H7Cl2NO2S/c1-6-2-4-7(5-3-6)16-11(15)9-8(12)10(13)14-17-9/h2-5H,1H3. The minimum atomic E-state index is -0.553. The highest BCUT2D eigenvalue weighted by atomic mass is 35.5. The number of hydrogen-bond acceptors (Lipinski definition) is 4. The third-order valence-electron chi connectivity index (χ3n) is 2.01. The number of rotatable bonds is 2. The van der Waals surface area contributed by atoms with Crippen molar-refractivity contribution in [1.29, 1.82) is 0 Å². The van der Waals surface area contributed by atoms with Crippen molar-refractivity contribution < 1.29 is 9.53 Å². The molecule has 1 aromatic carbocycles. The zero-order valence-corrected chi connectivity index (χ0v) is 11.1. The molecule has 0 aliphatic heterocycles. The number of nitrogens with zero attached hydrogens (tertiary/aromatic N) is 1. The first-order chi connectivity index (χ1) is 8.08. The van der Waals surface area contributed by atoms with E-state index in [9.17, 15) is 4.79 Å². The minimum Gasteiger partial charge on any atom is -0.422 e. The highest BCUT2D eigenvalue weighted by molar-refractivity contribution is 7.09. The Bertz CT molecular complexity index is 551. The van der Waals surface area contributed by atoms with Gasteiger partial charge in [0.05, 0.1) is 0 Å². The summed E-state index contributed by atoms with van der Waals surface area (Å²) in [6.45, 7) is 1.95. The van der Waals surface area contributed by atoms with Crippen molar-refractivity contribution in [2.45, 2.75) is 6.92 Å². The Morgan fingerprint density at radius 2 is 1.94 bits per heavy atom. The van der Waals surface area contributed by atoms with Crippen LogP contribution in [0, 0.1) is 6.92 Å². The number of halogens is 2. The molecule has 2 aromatic rings. The van der Waals surface area contributed by atoms with Crippen LogP contribution in [0.3, 0.4) is 0 Å². The van der Waals surface area contributed by atoms with Crippen molar-refractivity contribution in [1.82, 2.24) is 4.37 Å². The van der Waals surface area contributed by atoms with Crippen molar-refractivity contribution in [3.05, 3.63) is 44.9 Å². The highest BCUT2D eigenvalue weighted by Gasteiger charge is 2.19. The SMILES string of the molecule is Cc1ccc(OC(=O)c2snc(Cl)c2Cl)cc1. The number of hydrogen-bond donors (Lipinski definition) is 0. The molecule has 0 unspecified atom stereocenters. The Morgan fingerprint density at radius 1 is 1.29 bits per heavy atom. The van der Waals surface area contributed by atoms with Crippen molar-refractivity contribution in [3.63, 3.8) is 0 Å². The Labute approximate surface area is 112 Å². The van der Waals surface area contributed by atoms with Crippen LogP contribution in [0.1, 0.15) is 15.2 Å². The molecule has 3 nitrogen and oxygen atoms in total. The first-order valence-electron chi connectivity index (χ1n) is 4.67. The Kier molecular flexibility index (Phi) is 3.66. The summed E-state index contributed by atoms with van der Waals surface area (Å²) in [5.74, 6) is -0.0931. The Morgan fingerprint density at radius 3 is 2.47 bits per heavy atom. The van der Waals surface area contributed by atoms with Gasteiger partial charge >= 0.3 is 5.97 Å². The van der Waals surface area contributed by atoms with Gasteiger partial charge in [0.2, 0.25) is 0 Å². The lowest BCUT2D eigenvalue weighted by atomic mass is 10.2. The molecule has 17 heavy (non-hydrogen) atoms. The predicted octanol–water partition coefficient (Wildman–Crippen LogP) is 3.98. The normalized spacial score (nSPS) is 10.3. The maximum atomic E-state index is 11.7. The fourth-order valence-electron chi connectivity index (χ4n) is 1.15. The fraction of sp³-hybridized carbons (Fsp3) is 0.0909. The van der Waals surface area contributed by atoms with Gasteiger partial charge in [-0.1, -0.05) is 40.9 Å². The van der Waals surface area contributed by atoms with E-state index in [0.717, 1.165) is 17.1 Å². The maximum Gasteiger partial charge on any atom is 0.356 e. The second-order valence-electron chi connectivity index (χ2n) is 3.32. The number of aromatic nitrogens is 1. The molecule has 88 valence electrons. The maximum absolute atomic E-state index is 11.7. The zero-order chi connectivity index (χ0) is 12.4. The first-order valence-corrected chi connectivity index (χ1v) is 6.20. The third kappa shape index (κ3) is 2.77. The molecule has 0 atom stereocenters. The van der Waals surface area contributed by atoms with Gasteiger partial charge in [-0.2, -0.15) is 4.37 Å². The van der Waals surface area contributed by atoms with E-state index in [1.165, 1.54) is 0 Å². The highest BCUT2D eigenvalue weighted by Crippen LogP contribution is 2.29. The van der Waals surface area contributed by atoms with Crippen LogP contribution in [0.25, 0.3) is 0 Å². The summed E-state index contributed by atoms with van der Waals surface area (Å²) in [5.41, 5.74) is 1.09. The van der Waals surface area contributed by atoms with Gasteiger partial charge in [0.15, 0.2) is 10.0 Å². The van der Waals surface area contributed by atoms with Crippen LogP contribution >= 0.6 is 34.7 Å². The van der Waals surface area contributed by atoms with Crippen molar-refractivity contribution in [2.75, 3.05) is 0 Å². The van der Waals surface area contributed by atoms with E-state index < -0.39 is 5.97 Å². The summed E-state index contributed by atoms with van der Waals surface area (Å²) in [5, 5.41) is 0.251. The van der Waals surface area contributed by atoms with Crippen LogP contribution < -0.4 is 4.74 Å². The van der Waals surface area contributed by atoms with Crippen LogP contribution in [0.15, 0.2) is 24.3 Å². The lowest BCUT2D eigenvalue weighted by molar-refractivity contribution is 0.0740. The second kappa shape index (κ2) is 5.04. The molecule has 1 aromatic heterocycles. The molecular formula is C11H7Cl2NO2S. The molecular weight excluding hydrogens is 281 g/mol. The van der Waals surface area contributed by atoms with E-state index in [1.54, 1.807) is 12.1 Å². The number of carbonyl (C=O) groups is 1. The molecule has 2 rings (SSSR count). The smallest absolute Gasteiger partial charge is 0.356 e. The van der Waals surface area contributed by atoms with Crippen LogP contribution in [0.5, 0.6) is 5.75 Å². The lowest BCUT2D eigenvalue weighted by Gasteiger charge is -2.02. The van der Waals surface area contributed by atoms with E-state index in [0.29, 0.717) is 5.75 Å². The summed E-state index contributed by atoms with van der Waals surface area (Å²) in [4.78, 5) is 11.9. The molecule has 0 spiro atoms. The largest absolute Gasteiger partial charge is 0.422 e. The second-order valence-corrected chi connectivity index (χ2v) is 4.83. The molecule has 0 radical (unpaired) electrons. The average molecular weight is 288 g/mol. The van der Waals surface area contributed by atoms with E-state index >= 15 is 0 Å². The summed E-state index contributed by atoms with van der Waals surface area (Å²) in [6, 6.07) is 7.13. The first kappa shape index (κ1) is 12.4. The van der Waals surface area contributed by atoms with Crippen molar-refractivity contribution >= 4 is 40.7 Å². The predicted molar refractivity (Wildman–Crippen MR) is 68.3 cm³/mol. The number of esters is 1. The number of carbonyl (C=O) groups excluding carboxylic acids is 1. The summed E-state index contributed by atoms with van der Waals surface area (Å²) in [6.07, 6.45) is 0. The van der Waals surface area contributed by atoms with Crippen LogP contribution in [-0.2, 0) is 0 Å². The third-order valence-corrected chi connectivity index (χ3v) is 3.79. The number of aryl methyl sites for hydroxylation is 1. The van der Waals surface area contributed by atoms with Crippen molar-refractivity contribution in [2.24, 2.45) is 0 Å². The van der Waals surface area contributed by atoms with Gasteiger partial charge in [0, 0.05) is 0 Å². The van der Waals surface area contributed by atoms with Gasteiger partial charge in [-0.05, 0) is 30.6 Å². The Hall–Kier alpha value is -1.10. The Balaban J connectivity index is 2.17. The van der Waals surface area contributed by atoms with Crippen LogP contribution in [0.4, 0.5) is 0 Å². The summed E-state index contributed by atoms with van der Waals surface area (Å²) < 4.78 is 8.91. The van der Waals surface area contributed by atoms with E-state index in [2.05, 4.69) is 4.37 Å². The minimum absolute atomic E-state index is 0.118. The molecule has 0 aliphatic rings. The topological polar surface area (TPSA) is 39.2 Å². The molecule has 0 aliphatic carbocycles. The lowest BCUT2D eigenvalue weighted by Crippen LogP contribution is -2.06. The van der Waals surface area contributed by atoms with Crippen LogP contribution in [0.2, 0.25) is 10.2 Å². The molecule has 1 heterocycles. The monoisotopic (exact) mass is 287 g/mol. The summed E-state index contributed by atoms with van der Waals surface area (Å²) >= 11 is 12.4. The van der Waals surface area contributed by atoms with Gasteiger partial charge in [-0.3, -0.25) is 0 Å². The van der Waals surface area contributed by atoms with Gasteiger partial charge in [0.25, 0.3) is 0 Å². The molecule has 0 bridgehead atoms. The fourth-order valence-corrected chi connectivity index (χ4v) is 2.23. The average Bonchev–Trinajstić information content (AvgIpc) is 2.63. The molecule has 0 amide bonds. The summed E-state index contributed by atoms with van der Waals surface area (Å²) in [7, 11) is 0. The van der Waals surface area contributed by atoms with Gasteiger partial charge in [0.1, 0.15) is 10.8 Å². The van der Waals surface area contributed by atoms with E-state index in [1.807, 2.05) is 19.1 Å². The van der Waals surface area contributed by atoms with Crippen molar-refractivity contribution in [3.8, 4) is 5.75 Å². The zero-order valence-electron chi connectivity index (χ0n) is 8.74. The molecule has 0 N–H and O–H groups in total. The molecule has 6 heteroatoms. The van der Waals surface area contributed by atoms with E-state index in [4.69, 9.17) is 27.9 Å². The van der Waals surface area contributed by atoms with Gasteiger partial charge < -0.3 is 4.74 Å². The quantitative estimate of drug-likeness (QED) is 0.620. The number of ether oxygens (including phenoxy) is 1. The van der Waals surface area contributed by atoms with Gasteiger partial charge in [-0.15, -0.1) is 0 Å². The molecule has 0 fully saturated rings. The number of benzene rings is 1. The van der Waals surface area contributed by atoms with E-state index in [-0.39, 0.29) is 15.1 Å². The van der Waals surface area contributed by atoms with Gasteiger partial charge in [-0.25, -0.2) is 4.79 Å².